The number of benzene rings is 1. The number of ether oxygens (including phenoxy) is 2. The van der Waals surface area contributed by atoms with Crippen LogP contribution in [0.25, 0.3) is 11.0 Å². The number of aromatic hydroxyl groups is 1. The summed E-state index contributed by atoms with van der Waals surface area (Å²) in [5, 5.41) is 19.7. The number of aliphatic hydroxyl groups is 1. The molecular weight excluding hydrogens is 324 g/mol. The van der Waals surface area contributed by atoms with E-state index in [1.54, 1.807) is 18.2 Å². The van der Waals surface area contributed by atoms with Gasteiger partial charge in [0.25, 0.3) is 0 Å². The Balaban J connectivity index is 2.30. The molecular formula is C19H26O6. The third-order valence-corrected chi connectivity index (χ3v) is 4.04. The van der Waals surface area contributed by atoms with Gasteiger partial charge in [-0.25, -0.2) is 4.79 Å². The summed E-state index contributed by atoms with van der Waals surface area (Å²) < 4.78 is 16.4. The summed E-state index contributed by atoms with van der Waals surface area (Å²) in [4.78, 5) is 12.2. The molecule has 0 aliphatic rings. The van der Waals surface area contributed by atoms with Crippen LogP contribution in [0.2, 0.25) is 0 Å². The van der Waals surface area contributed by atoms with E-state index in [2.05, 4.69) is 6.92 Å². The number of aliphatic hydroxyl groups excluding tert-OH is 1. The minimum atomic E-state index is -0.692. The third kappa shape index (κ3) is 4.89. The summed E-state index contributed by atoms with van der Waals surface area (Å²) in [7, 11) is 0. The zero-order chi connectivity index (χ0) is 18.2. The van der Waals surface area contributed by atoms with Gasteiger partial charge in [0, 0.05) is 0 Å². The number of rotatable bonds is 10. The fraction of sp³-hybridized carbons (Fsp3) is 0.526. The Labute approximate surface area is 147 Å². The summed E-state index contributed by atoms with van der Waals surface area (Å²) in [6.45, 7) is 4.14. The highest BCUT2D eigenvalue weighted by Gasteiger charge is 2.19. The van der Waals surface area contributed by atoms with Crippen molar-refractivity contribution in [3.05, 3.63) is 28.6 Å². The van der Waals surface area contributed by atoms with Gasteiger partial charge < -0.3 is 24.1 Å². The standard InChI is InChI=1S/C19H26O6/c1-3-5-6-7-13(4-2)24-18-17(21)15-12-14(23-11-10-20)8-9-16(15)25-19(18)22/h8-9,12-13,20-21H,3-7,10-11H2,1-2H3. The molecule has 1 heterocycles. The third-order valence-electron chi connectivity index (χ3n) is 4.04. The average Bonchev–Trinajstić information content (AvgIpc) is 2.62. The molecule has 1 aromatic carbocycles. The Bertz CT molecular complexity index is 737. The van der Waals surface area contributed by atoms with Crippen molar-refractivity contribution in [1.29, 1.82) is 0 Å². The van der Waals surface area contributed by atoms with E-state index in [9.17, 15) is 9.90 Å². The molecule has 138 valence electrons. The van der Waals surface area contributed by atoms with E-state index in [4.69, 9.17) is 19.0 Å². The van der Waals surface area contributed by atoms with Crippen LogP contribution in [0.15, 0.2) is 27.4 Å². The lowest BCUT2D eigenvalue weighted by Gasteiger charge is -2.17. The first-order valence-corrected chi connectivity index (χ1v) is 8.80. The maximum Gasteiger partial charge on any atom is 0.383 e. The van der Waals surface area contributed by atoms with Gasteiger partial charge in [-0.1, -0.05) is 26.7 Å². The first-order chi connectivity index (χ1) is 12.1. The topological polar surface area (TPSA) is 89.1 Å². The first-order valence-electron chi connectivity index (χ1n) is 8.80. The van der Waals surface area contributed by atoms with Crippen LogP contribution < -0.4 is 15.1 Å². The molecule has 1 atom stereocenters. The van der Waals surface area contributed by atoms with Crippen LogP contribution in [0.1, 0.15) is 46.0 Å². The van der Waals surface area contributed by atoms with Gasteiger partial charge in [0.2, 0.25) is 5.75 Å². The molecule has 6 nitrogen and oxygen atoms in total. The van der Waals surface area contributed by atoms with E-state index in [1.807, 2.05) is 6.92 Å². The van der Waals surface area contributed by atoms with Gasteiger partial charge in [-0.15, -0.1) is 0 Å². The molecule has 0 spiro atoms. The number of hydrogen-bond donors (Lipinski definition) is 2. The highest BCUT2D eigenvalue weighted by atomic mass is 16.5. The molecule has 2 rings (SSSR count). The van der Waals surface area contributed by atoms with E-state index >= 15 is 0 Å². The van der Waals surface area contributed by atoms with Gasteiger partial charge in [-0.2, -0.15) is 0 Å². The van der Waals surface area contributed by atoms with Crippen LogP contribution in [-0.4, -0.2) is 29.5 Å². The summed E-state index contributed by atoms with van der Waals surface area (Å²) >= 11 is 0. The summed E-state index contributed by atoms with van der Waals surface area (Å²) in [6.07, 6.45) is 4.63. The molecule has 0 aliphatic heterocycles. The van der Waals surface area contributed by atoms with Crippen molar-refractivity contribution >= 4 is 11.0 Å². The maximum atomic E-state index is 12.2. The van der Waals surface area contributed by atoms with E-state index < -0.39 is 5.63 Å². The number of unbranched alkanes of at least 4 members (excludes halogenated alkanes) is 2. The SMILES string of the molecule is CCCCCC(CC)Oc1c(O)c2cc(OCCO)ccc2oc1=O. The van der Waals surface area contributed by atoms with Crippen LogP contribution >= 0.6 is 0 Å². The molecule has 1 unspecified atom stereocenters. The minimum absolute atomic E-state index is 0.113. The molecule has 0 radical (unpaired) electrons. The highest BCUT2D eigenvalue weighted by Crippen LogP contribution is 2.34. The van der Waals surface area contributed by atoms with Crippen molar-refractivity contribution in [3.63, 3.8) is 0 Å². The quantitative estimate of drug-likeness (QED) is 0.503. The smallest absolute Gasteiger partial charge is 0.383 e. The molecule has 0 saturated carbocycles. The van der Waals surface area contributed by atoms with Crippen molar-refractivity contribution in [2.24, 2.45) is 0 Å². The summed E-state index contributed by atoms with van der Waals surface area (Å²) in [5.41, 5.74) is -0.437. The number of fused-ring (bicyclic) bond motifs is 1. The molecule has 0 aliphatic carbocycles. The van der Waals surface area contributed by atoms with Gasteiger partial charge >= 0.3 is 5.63 Å². The number of hydrogen-bond acceptors (Lipinski definition) is 6. The predicted octanol–water partition coefficient (Wildman–Crippen LogP) is 3.61. The van der Waals surface area contributed by atoms with Crippen molar-refractivity contribution in [2.75, 3.05) is 13.2 Å². The Morgan fingerprint density at radius 3 is 2.72 bits per heavy atom. The lowest BCUT2D eigenvalue weighted by molar-refractivity contribution is 0.169. The summed E-state index contributed by atoms with van der Waals surface area (Å²) in [6, 6.07) is 4.72. The molecule has 2 N–H and O–H groups in total. The Morgan fingerprint density at radius 1 is 1.24 bits per heavy atom. The molecule has 1 aromatic heterocycles. The minimum Gasteiger partial charge on any atom is -0.504 e. The zero-order valence-corrected chi connectivity index (χ0v) is 14.8. The van der Waals surface area contributed by atoms with Crippen LogP contribution in [-0.2, 0) is 0 Å². The van der Waals surface area contributed by atoms with Gasteiger partial charge in [0.05, 0.1) is 18.1 Å². The van der Waals surface area contributed by atoms with Crippen molar-refractivity contribution in [2.45, 2.75) is 52.1 Å². The Kier molecular flexibility index (Phi) is 7.13. The molecule has 0 fully saturated rings. The van der Waals surface area contributed by atoms with Gasteiger partial charge in [0.15, 0.2) is 5.75 Å². The fourth-order valence-corrected chi connectivity index (χ4v) is 2.64. The maximum absolute atomic E-state index is 12.2. The van der Waals surface area contributed by atoms with E-state index in [1.165, 1.54) is 0 Å². The first kappa shape index (κ1) is 19.1. The van der Waals surface area contributed by atoms with Crippen molar-refractivity contribution in [1.82, 2.24) is 0 Å². The monoisotopic (exact) mass is 350 g/mol. The highest BCUT2D eigenvalue weighted by molar-refractivity contribution is 5.86. The van der Waals surface area contributed by atoms with Crippen LogP contribution in [0.5, 0.6) is 17.2 Å². The van der Waals surface area contributed by atoms with Gasteiger partial charge in [-0.3, -0.25) is 0 Å². The zero-order valence-electron chi connectivity index (χ0n) is 14.8. The predicted molar refractivity (Wildman–Crippen MR) is 95.6 cm³/mol. The molecule has 2 aromatic rings. The second-order valence-electron chi connectivity index (χ2n) is 5.94. The molecule has 0 saturated heterocycles. The lowest BCUT2D eigenvalue weighted by atomic mass is 10.1. The van der Waals surface area contributed by atoms with Gasteiger partial charge in [-0.05, 0) is 37.5 Å². The summed E-state index contributed by atoms with van der Waals surface area (Å²) in [5.74, 6) is 0.0661. The second-order valence-corrected chi connectivity index (χ2v) is 5.94. The Morgan fingerprint density at radius 2 is 2.04 bits per heavy atom. The second kappa shape index (κ2) is 9.32. The van der Waals surface area contributed by atoms with Gasteiger partial charge in [0.1, 0.15) is 17.9 Å². The van der Waals surface area contributed by atoms with Crippen LogP contribution in [0.3, 0.4) is 0 Å². The van der Waals surface area contributed by atoms with Crippen LogP contribution in [0.4, 0.5) is 0 Å². The molecule has 0 bridgehead atoms. The Hall–Kier alpha value is -2.21. The molecule has 0 amide bonds. The van der Waals surface area contributed by atoms with Crippen molar-refractivity contribution < 1.29 is 24.1 Å². The average molecular weight is 350 g/mol. The lowest BCUT2D eigenvalue weighted by Crippen LogP contribution is -2.19. The van der Waals surface area contributed by atoms with Crippen LogP contribution in [0, 0.1) is 0 Å². The molecule has 25 heavy (non-hydrogen) atoms. The van der Waals surface area contributed by atoms with E-state index in [0.717, 1.165) is 32.1 Å². The van der Waals surface area contributed by atoms with Crippen molar-refractivity contribution in [3.8, 4) is 17.2 Å². The van der Waals surface area contributed by atoms with E-state index in [-0.39, 0.29) is 36.4 Å². The normalized spacial score (nSPS) is 12.3. The fourth-order valence-electron chi connectivity index (χ4n) is 2.64. The molecule has 6 heteroatoms. The largest absolute Gasteiger partial charge is 0.504 e. The van der Waals surface area contributed by atoms with E-state index in [0.29, 0.717) is 11.1 Å².